The highest BCUT2D eigenvalue weighted by Gasteiger charge is 2.48. The van der Waals surface area contributed by atoms with E-state index in [1.165, 1.54) is 13.8 Å². The van der Waals surface area contributed by atoms with Gasteiger partial charge in [0.05, 0.1) is 6.04 Å². The van der Waals surface area contributed by atoms with Gasteiger partial charge in [-0.15, -0.1) is 6.58 Å². The van der Waals surface area contributed by atoms with Crippen LogP contribution in [-0.2, 0) is 28.5 Å². The van der Waals surface area contributed by atoms with E-state index in [1.807, 2.05) is 6.08 Å². The predicted molar refractivity (Wildman–Crippen MR) is 115 cm³/mol. The molecule has 1 aliphatic rings. The van der Waals surface area contributed by atoms with Crippen molar-refractivity contribution in [1.82, 2.24) is 0 Å². The van der Waals surface area contributed by atoms with Gasteiger partial charge in [-0.25, -0.2) is 0 Å². The molecule has 0 aromatic carbocycles. The summed E-state index contributed by atoms with van der Waals surface area (Å²) in [5, 5.41) is 7.34. The maximum Gasteiger partial charge on any atom is 0.303 e. The number of rotatable bonds is 15. The first kappa shape index (κ1) is 27.3. The minimum atomic E-state index is -1.12. The summed E-state index contributed by atoms with van der Waals surface area (Å²) in [5.74, 6) is -1.21. The molecule has 0 aromatic rings. The molecule has 1 heterocycles. The fourth-order valence-corrected chi connectivity index (χ4v) is 3.39. The number of carbonyl (C=O) groups is 2. The summed E-state index contributed by atoms with van der Waals surface area (Å²) in [5.41, 5.74) is 18.0. The van der Waals surface area contributed by atoms with Crippen LogP contribution in [0.3, 0.4) is 0 Å². The van der Waals surface area contributed by atoms with E-state index in [9.17, 15) is 9.59 Å². The van der Waals surface area contributed by atoms with Gasteiger partial charge in [0.1, 0.15) is 24.9 Å². The van der Waals surface area contributed by atoms with Gasteiger partial charge in [0, 0.05) is 30.3 Å². The molecule has 0 bridgehead atoms. The van der Waals surface area contributed by atoms with E-state index in [1.54, 1.807) is 0 Å². The largest absolute Gasteiger partial charge is 0.463 e. The second kappa shape index (κ2) is 15.9. The van der Waals surface area contributed by atoms with Gasteiger partial charge in [-0.1, -0.05) is 42.0 Å². The molecule has 0 aliphatic carbocycles. The van der Waals surface area contributed by atoms with Crippen molar-refractivity contribution < 1.29 is 28.5 Å². The van der Waals surface area contributed by atoms with Crippen molar-refractivity contribution >= 4 is 11.9 Å². The smallest absolute Gasteiger partial charge is 0.303 e. The van der Waals surface area contributed by atoms with Crippen LogP contribution in [0.25, 0.3) is 20.9 Å². The van der Waals surface area contributed by atoms with Crippen LogP contribution >= 0.6 is 0 Å². The third-order valence-corrected chi connectivity index (χ3v) is 4.85. The van der Waals surface area contributed by atoms with Gasteiger partial charge in [0.25, 0.3) is 0 Å². The Labute approximate surface area is 187 Å². The highest BCUT2D eigenvalue weighted by molar-refractivity contribution is 5.66. The van der Waals surface area contributed by atoms with E-state index < -0.39 is 42.5 Å². The van der Waals surface area contributed by atoms with Crippen LogP contribution in [0.1, 0.15) is 58.8 Å². The maximum atomic E-state index is 11.6. The number of azide groups is 2. The van der Waals surface area contributed by atoms with E-state index in [4.69, 9.17) is 30.0 Å². The molecule has 1 fully saturated rings. The van der Waals surface area contributed by atoms with Crippen LogP contribution in [0.4, 0.5) is 0 Å². The van der Waals surface area contributed by atoms with Gasteiger partial charge in [-0.05, 0) is 30.3 Å². The number of esters is 2. The summed E-state index contributed by atoms with van der Waals surface area (Å²) in [6.45, 7) is 6.19. The molecule has 32 heavy (non-hydrogen) atoms. The van der Waals surface area contributed by atoms with E-state index in [2.05, 4.69) is 26.6 Å². The lowest BCUT2D eigenvalue weighted by Gasteiger charge is -2.42. The number of hydrogen-bond acceptors (Lipinski definition) is 8. The molecule has 0 aromatic heterocycles. The Morgan fingerprint density at radius 1 is 1.00 bits per heavy atom. The number of ether oxygens (including phenoxy) is 4. The first-order valence-corrected chi connectivity index (χ1v) is 10.7. The highest BCUT2D eigenvalue weighted by atomic mass is 16.7. The Balaban J connectivity index is 2.80. The lowest BCUT2D eigenvalue weighted by molar-refractivity contribution is -0.249. The molecule has 12 heteroatoms. The Bertz CT molecular complexity index is 707. The van der Waals surface area contributed by atoms with Crippen LogP contribution in [0.15, 0.2) is 22.9 Å². The molecule has 178 valence electrons. The van der Waals surface area contributed by atoms with Gasteiger partial charge in [0.15, 0.2) is 6.29 Å². The zero-order valence-electron chi connectivity index (χ0n) is 18.7. The Morgan fingerprint density at radius 3 is 2.22 bits per heavy atom. The van der Waals surface area contributed by atoms with Gasteiger partial charge >= 0.3 is 11.9 Å². The molecule has 1 saturated heterocycles. The molecule has 0 radical (unpaired) electrons. The Kier molecular flexibility index (Phi) is 13.6. The molecule has 1 aliphatic heterocycles. The van der Waals surface area contributed by atoms with Crippen molar-refractivity contribution in [1.29, 1.82) is 0 Å². The lowest BCUT2D eigenvalue weighted by Crippen LogP contribution is -2.59. The van der Waals surface area contributed by atoms with Crippen molar-refractivity contribution in [2.45, 2.75) is 89.4 Å². The summed E-state index contributed by atoms with van der Waals surface area (Å²) in [4.78, 5) is 28.4. The van der Waals surface area contributed by atoms with Crippen molar-refractivity contribution in [2.75, 3.05) is 13.2 Å². The number of carbonyl (C=O) groups excluding carboxylic acids is 2. The fraction of sp³-hybridized carbons (Fsp3) is 0.800. The van der Waals surface area contributed by atoms with Crippen LogP contribution in [-0.4, -0.2) is 55.7 Å². The summed E-state index contributed by atoms with van der Waals surface area (Å²) in [7, 11) is 0. The summed E-state index contributed by atoms with van der Waals surface area (Å²) >= 11 is 0. The summed E-state index contributed by atoms with van der Waals surface area (Å²) in [6.07, 6.45) is 6.02. The molecule has 0 saturated carbocycles. The molecule has 0 amide bonds. The van der Waals surface area contributed by atoms with Gasteiger partial charge < -0.3 is 18.9 Å². The zero-order chi connectivity index (χ0) is 23.8. The summed E-state index contributed by atoms with van der Waals surface area (Å²) in [6, 6.07) is -2.16. The van der Waals surface area contributed by atoms with Crippen molar-refractivity contribution in [3.8, 4) is 0 Å². The third kappa shape index (κ3) is 10.0. The van der Waals surface area contributed by atoms with Gasteiger partial charge in [-0.2, -0.15) is 0 Å². The molecule has 5 atom stereocenters. The average molecular weight is 453 g/mol. The quantitative estimate of drug-likeness (QED) is 0.0884. The lowest BCUT2D eigenvalue weighted by atomic mass is 9.95. The maximum absolute atomic E-state index is 11.6. The standard InChI is InChI=1S/C20H32N6O6/c1-4-5-6-7-8-9-10-11-12-29-20-18(24-26-22)17(23-25-21)19(31-15(3)28)16(32-20)13-30-14(2)27/h4,16-20H,1,5-13H2,2-3H3/t16-,17-,18+,19-,20-/m1/s1. The molecule has 0 N–H and O–H groups in total. The molecule has 0 unspecified atom stereocenters. The van der Waals surface area contributed by atoms with Crippen LogP contribution < -0.4 is 0 Å². The number of hydrogen-bond donors (Lipinski definition) is 0. The van der Waals surface area contributed by atoms with E-state index in [0.717, 1.165) is 44.9 Å². The Hall–Kier alpha value is -2.78. The average Bonchev–Trinajstić information content (AvgIpc) is 2.74. The number of allylic oxidation sites excluding steroid dienone is 1. The monoisotopic (exact) mass is 452 g/mol. The normalized spacial score (nSPS) is 24.5. The van der Waals surface area contributed by atoms with E-state index >= 15 is 0 Å². The second-order valence-corrected chi connectivity index (χ2v) is 7.38. The number of nitrogens with zero attached hydrogens (tertiary/aromatic N) is 6. The minimum absolute atomic E-state index is 0.252. The first-order valence-electron chi connectivity index (χ1n) is 10.7. The van der Waals surface area contributed by atoms with E-state index in [-0.39, 0.29) is 6.61 Å². The molecule has 1 rings (SSSR count). The van der Waals surface area contributed by atoms with Gasteiger partial charge in [-0.3, -0.25) is 9.59 Å². The van der Waals surface area contributed by atoms with Crippen molar-refractivity contribution in [2.24, 2.45) is 10.2 Å². The predicted octanol–water partition coefficient (Wildman–Crippen LogP) is 4.50. The Morgan fingerprint density at radius 2 is 1.62 bits per heavy atom. The number of unbranched alkanes of at least 4 members (excludes halogenated alkanes) is 6. The summed E-state index contributed by atoms with van der Waals surface area (Å²) < 4.78 is 21.9. The van der Waals surface area contributed by atoms with Crippen molar-refractivity contribution in [3.05, 3.63) is 33.5 Å². The molecule has 0 spiro atoms. The molecule has 12 nitrogen and oxygen atoms in total. The van der Waals surface area contributed by atoms with Crippen LogP contribution in [0.5, 0.6) is 0 Å². The molecular weight excluding hydrogens is 420 g/mol. The van der Waals surface area contributed by atoms with Crippen LogP contribution in [0.2, 0.25) is 0 Å². The second-order valence-electron chi connectivity index (χ2n) is 7.38. The van der Waals surface area contributed by atoms with Crippen LogP contribution in [0, 0.1) is 0 Å². The van der Waals surface area contributed by atoms with Gasteiger partial charge in [0.2, 0.25) is 0 Å². The SMILES string of the molecule is C=CCCCCCCCCO[C@@H]1O[C@H](COC(C)=O)[C@@H](OC(C)=O)[C@H](N=[N+]=[N-])[C@@H]1N=[N+]=[N-]. The molecular formula is C20H32N6O6. The third-order valence-electron chi connectivity index (χ3n) is 4.85. The first-order chi connectivity index (χ1) is 15.4. The van der Waals surface area contributed by atoms with E-state index in [0.29, 0.717) is 6.61 Å². The zero-order valence-corrected chi connectivity index (χ0v) is 18.7. The fourth-order valence-electron chi connectivity index (χ4n) is 3.39. The van der Waals surface area contributed by atoms with Crippen molar-refractivity contribution in [3.63, 3.8) is 0 Å². The highest BCUT2D eigenvalue weighted by Crippen LogP contribution is 2.30. The topological polar surface area (TPSA) is 169 Å². The minimum Gasteiger partial charge on any atom is -0.463 e.